The molecule has 0 unspecified atom stereocenters. The van der Waals surface area contributed by atoms with Crippen molar-refractivity contribution in [2.45, 2.75) is 33.7 Å². The van der Waals surface area contributed by atoms with Crippen LogP contribution in [-0.4, -0.2) is 30.6 Å². The highest BCUT2D eigenvalue weighted by atomic mass is 16.5. The normalized spacial score (nSPS) is 13.5. The summed E-state index contributed by atoms with van der Waals surface area (Å²) in [6.07, 6.45) is 4.36. The van der Waals surface area contributed by atoms with E-state index in [-0.39, 0.29) is 5.91 Å². The largest absolute Gasteiger partial charge is 0.490 e. The molecular formula is C23H27NO3. The van der Waals surface area contributed by atoms with Gasteiger partial charge in [-0.05, 0) is 62.1 Å². The molecule has 27 heavy (non-hydrogen) atoms. The van der Waals surface area contributed by atoms with Gasteiger partial charge in [0.05, 0.1) is 13.2 Å². The minimum absolute atomic E-state index is 0.0352. The Hall–Kier alpha value is -2.75. The molecule has 0 aromatic heterocycles. The quantitative estimate of drug-likeness (QED) is 0.713. The fourth-order valence-electron chi connectivity index (χ4n) is 3.24. The average molecular weight is 365 g/mol. The molecule has 4 heteroatoms. The first-order valence-corrected chi connectivity index (χ1v) is 9.55. The van der Waals surface area contributed by atoms with E-state index in [1.54, 1.807) is 6.08 Å². The zero-order valence-electron chi connectivity index (χ0n) is 16.3. The summed E-state index contributed by atoms with van der Waals surface area (Å²) < 4.78 is 11.4. The maximum Gasteiger partial charge on any atom is 0.246 e. The second kappa shape index (κ2) is 8.76. The van der Waals surface area contributed by atoms with E-state index in [1.165, 1.54) is 11.1 Å². The second-order valence-corrected chi connectivity index (χ2v) is 6.69. The van der Waals surface area contributed by atoms with Crippen molar-refractivity contribution in [3.05, 3.63) is 64.7 Å². The number of carbonyl (C=O) groups is 1. The van der Waals surface area contributed by atoms with Crippen molar-refractivity contribution >= 4 is 12.0 Å². The molecule has 3 rings (SSSR count). The number of nitrogens with zero attached hydrogens (tertiary/aromatic N) is 1. The smallest absolute Gasteiger partial charge is 0.246 e. The van der Waals surface area contributed by atoms with Crippen molar-refractivity contribution in [3.63, 3.8) is 0 Å². The lowest BCUT2D eigenvalue weighted by Crippen LogP contribution is -2.34. The molecule has 0 bridgehead atoms. The molecule has 0 N–H and O–H groups in total. The van der Waals surface area contributed by atoms with Gasteiger partial charge in [-0.3, -0.25) is 4.79 Å². The van der Waals surface area contributed by atoms with Crippen LogP contribution in [0.3, 0.4) is 0 Å². The molecule has 4 nitrogen and oxygen atoms in total. The molecule has 0 radical (unpaired) electrons. The Bertz CT molecular complexity index is 824. The maximum absolute atomic E-state index is 12.6. The summed E-state index contributed by atoms with van der Waals surface area (Å²) in [4.78, 5) is 14.5. The molecule has 0 saturated carbocycles. The van der Waals surface area contributed by atoms with Gasteiger partial charge >= 0.3 is 0 Å². The van der Waals surface area contributed by atoms with Crippen molar-refractivity contribution in [3.8, 4) is 11.5 Å². The van der Waals surface area contributed by atoms with Crippen LogP contribution in [0.1, 0.15) is 36.1 Å². The molecule has 2 aromatic carbocycles. The van der Waals surface area contributed by atoms with Crippen LogP contribution >= 0.6 is 0 Å². The van der Waals surface area contributed by atoms with Crippen molar-refractivity contribution in [1.82, 2.24) is 4.90 Å². The highest BCUT2D eigenvalue weighted by Crippen LogP contribution is 2.34. The van der Waals surface area contributed by atoms with E-state index in [0.717, 1.165) is 29.0 Å². The van der Waals surface area contributed by atoms with Gasteiger partial charge in [-0.1, -0.05) is 29.8 Å². The van der Waals surface area contributed by atoms with Gasteiger partial charge < -0.3 is 14.4 Å². The molecule has 0 fully saturated rings. The van der Waals surface area contributed by atoms with Crippen molar-refractivity contribution in [1.29, 1.82) is 0 Å². The van der Waals surface area contributed by atoms with Crippen molar-refractivity contribution in [2.24, 2.45) is 0 Å². The van der Waals surface area contributed by atoms with Gasteiger partial charge in [-0.15, -0.1) is 0 Å². The fourth-order valence-corrected chi connectivity index (χ4v) is 3.24. The van der Waals surface area contributed by atoms with Crippen LogP contribution < -0.4 is 9.47 Å². The summed E-state index contributed by atoms with van der Waals surface area (Å²) in [6, 6.07) is 12.2. The highest BCUT2D eigenvalue weighted by molar-refractivity contribution is 5.92. The van der Waals surface area contributed by atoms with Crippen LogP contribution in [0.4, 0.5) is 0 Å². The number of amides is 1. The van der Waals surface area contributed by atoms with E-state index in [4.69, 9.17) is 9.47 Å². The predicted molar refractivity (Wildman–Crippen MR) is 108 cm³/mol. The van der Waals surface area contributed by atoms with Crippen molar-refractivity contribution in [2.75, 3.05) is 19.8 Å². The molecule has 0 spiro atoms. The average Bonchev–Trinajstić information content (AvgIpc) is 2.68. The lowest BCUT2D eigenvalue weighted by atomic mass is 9.98. The number of ether oxygens (including phenoxy) is 2. The number of fused-ring (bicyclic) bond motifs is 1. The van der Waals surface area contributed by atoms with Crippen LogP contribution in [-0.2, 0) is 17.8 Å². The standard InChI is InChI=1S/C23H27NO3/c1-4-26-21-14-19-12-13-24(16-20(19)15-22(21)27-5-2)23(25)11-10-18-8-6-17(3)7-9-18/h6-11,14-15H,4-5,12-13,16H2,1-3H3/b11-10+. The first-order valence-electron chi connectivity index (χ1n) is 9.55. The van der Waals surface area contributed by atoms with Crippen LogP contribution in [0.5, 0.6) is 11.5 Å². The summed E-state index contributed by atoms with van der Waals surface area (Å²) in [5, 5.41) is 0. The van der Waals surface area contributed by atoms with Crippen molar-refractivity contribution < 1.29 is 14.3 Å². The summed E-state index contributed by atoms with van der Waals surface area (Å²) in [6.45, 7) is 8.48. The first kappa shape index (κ1) is 19.0. The minimum Gasteiger partial charge on any atom is -0.490 e. The number of rotatable bonds is 6. The second-order valence-electron chi connectivity index (χ2n) is 6.69. The summed E-state index contributed by atoms with van der Waals surface area (Å²) in [5.74, 6) is 1.58. The topological polar surface area (TPSA) is 38.8 Å². The van der Waals surface area contributed by atoms with Crippen LogP contribution in [0.25, 0.3) is 6.08 Å². The van der Waals surface area contributed by atoms with Gasteiger partial charge in [0.1, 0.15) is 0 Å². The Kier molecular flexibility index (Phi) is 6.17. The Labute approximate surface area is 161 Å². The van der Waals surface area contributed by atoms with Gasteiger partial charge in [-0.25, -0.2) is 0 Å². The van der Waals surface area contributed by atoms with Gasteiger partial charge in [0, 0.05) is 19.2 Å². The zero-order valence-corrected chi connectivity index (χ0v) is 16.3. The molecule has 1 heterocycles. The molecule has 0 saturated heterocycles. The third-order valence-electron chi connectivity index (χ3n) is 4.69. The Morgan fingerprint density at radius 1 is 1.04 bits per heavy atom. The van der Waals surface area contributed by atoms with E-state index in [2.05, 4.69) is 13.0 Å². The molecule has 142 valence electrons. The lowest BCUT2D eigenvalue weighted by molar-refractivity contribution is -0.126. The predicted octanol–water partition coefficient (Wildman–Crippen LogP) is 4.39. The Morgan fingerprint density at radius 2 is 1.67 bits per heavy atom. The van der Waals surface area contributed by atoms with E-state index in [9.17, 15) is 4.79 Å². The lowest BCUT2D eigenvalue weighted by Gasteiger charge is -2.29. The van der Waals surface area contributed by atoms with Gasteiger partial charge in [0.15, 0.2) is 11.5 Å². The number of aryl methyl sites for hydroxylation is 1. The van der Waals surface area contributed by atoms with E-state index in [0.29, 0.717) is 26.3 Å². The number of hydrogen-bond acceptors (Lipinski definition) is 3. The molecular weight excluding hydrogens is 338 g/mol. The SMILES string of the molecule is CCOc1cc2c(cc1OCC)CN(C(=O)/C=C/c1ccc(C)cc1)CC2. The van der Waals surface area contributed by atoms with Gasteiger partial charge in [0.25, 0.3) is 0 Å². The maximum atomic E-state index is 12.6. The van der Waals surface area contributed by atoms with Gasteiger partial charge in [-0.2, -0.15) is 0 Å². The first-order chi connectivity index (χ1) is 13.1. The molecule has 0 aliphatic carbocycles. The number of hydrogen-bond donors (Lipinski definition) is 0. The zero-order chi connectivity index (χ0) is 19.2. The van der Waals surface area contributed by atoms with Crippen LogP contribution in [0.15, 0.2) is 42.5 Å². The summed E-state index contributed by atoms with van der Waals surface area (Å²) in [5.41, 5.74) is 4.60. The van der Waals surface area contributed by atoms with Crippen LogP contribution in [0, 0.1) is 6.92 Å². The van der Waals surface area contributed by atoms with Crippen LogP contribution in [0.2, 0.25) is 0 Å². The van der Waals surface area contributed by atoms with E-state index >= 15 is 0 Å². The molecule has 1 amide bonds. The molecule has 1 aliphatic heterocycles. The van der Waals surface area contributed by atoms with Gasteiger partial charge in [0.2, 0.25) is 5.91 Å². The number of benzene rings is 2. The highest BCUT2D eigenvalue weighted by Gasteiger charge is 2.21. The van der Waals surface area contributed by atoms with E-state index in [1.807, 2.05) is 55.2 Å². The number of carbonyl (C=O) groups excluding carboxylic acids is 1. The Balaban J connectivity index is 1.73. The third-order valence-corrected chi connectivity index (χ3v) is 4.69. The fraction of sp³-hybridized carbons (Fsp3) is 0.348. The molecule has 2 aromatic rings. The Morgan fingerprint density at radius 3 is 2.30 bits per heavy atom. The third kappa shape index (κ3) is 4.70. The van der Waals surface area contributed by atoms with E-state index < -0.39 is 0 Å². The summed E-state index contributed by atoms with van der Waals surface area (Å²) in [7, 11) is 0. The minimum atomic E-state index is 0.0352. The molecule has 0 atom stereocenters. The summed E-state index contributed by atoms with van der Waals surface area (Å²) >= 11 is 0. The molecule has 1 aliphatic rings. The monoisotopic (exact) mass is 365 g/mol.